The third-order valence-corrected chi connectivity index (χ3v) is 5.11. The molecule has 0 unspecified atom stereocenters. The number of anilines is 1. The Morgan fingerprint density at radius 1 is 1.06 bits per heavy atom. The summed E-state index contributed by atoms with van der Waals surface area (Å²) in [4.78, 5) is 29.8. The number of rotatable bonds is 8. The first-order chi connectivity index (χ1) is 15.6. The topological polar surface area (TPSA) is 90.7 Å². The SMILES string of the molecule is O=C(COc1ccccc1C(=O)OCc1coc(-c2cccs2)n1)Nc1ccccc1F. The first kappa shape index (κ1) is 21.3. The fourth-order valence-corrected chi connectivity index (χ4v) is 3.41. The van der Waals surface area contributed by atoms with Crippen molar-refractivity contribution in [2.24, 2.45) is 0 Å². The molecule has 9 heteroatoms. The van der Waals surface area contributed by atoms with E-state index in [0.29, 0.717) is 11.6 Å². The number of nitrogens with one attached hydrogen (secondary N) is 1. The van der Waals surface area contributed by atoms with E-state index in [0.717, 1.165) is 4.88 Å². The predicted molar refractivity (Wildman–Crippen MR) is 116 cm³/mol. The summed E-state index contributed by atoms with van der Waals surface area (Å²) < 4.78 is 29.9. The first-order valence-electron chi connectivity index (χ1n) is 9.52. The fraction of sp³-hybridized carbons (Fsp3) is 0.0870. The smallest absolute Gasteiger partial charge is 0.342 e. The minimum atomic E-state index is -0.643. The average Bonchev–Trinajstić information content (AvgIpc) is 3.50. The monoisotopic (exact) mass is 452 g/mol. The van der Waals surface area contributed by atoms with Crippen LogP contribution in [-0.2, 0) is 16.1 Å². The lowest BCUT2D eigenvalue weighted by molar-refractivity contribution is -0.118. The minimum absolute atomic E-state index is 0.0447. The van der Waals surface area contributed by atoms with Crippen molar-refractivity contribution in [3.05, 3.63) is 89.4 Å². The summed E-state index contributed by atoms with van der Waals surface area (Å²) in [6.45, 7) is -0.498. The fourth-order valence-electron chi connectivity index (χ4n) is 2.76. The molecule has 0 radical (unpaired) electrons. The number of hydrogen-bond acceptors (Lipinski definition) is 7. The van der Waals surface area contributed by atoms with E-state index in [1.807, 2.05) is 17.5 Å². The van der Waals surface area contributed by atoms with Crippen LogP contribution in [0.3, 0.4) is 0 Å². The molecule has 0 saturated carbocycles. The molecule has 0 aliphatic carbocycles. The highest BCUT2D eigenvalue weighted by molar-refractivity contribution is 7.13. The Bertz CT molecular complexity index is 1220. The van der Waals surface area contributed by atoms with Crippen molar-refractivity contribution < 1.29 is 27.9 Å². The largest absolute Gasteiger partial charge is 0.483 e. The van der Waals surface area contributed by atoms with Gasteiger partial charge in [-0.25, -0.2) is 14.2 Å². The van der Waals surface area contributed by atoms with Gasteiger partial charge in [0.15, 0.2) is 6.61 Å². The number of thiophene rings is 1. The maximum Gasteiger partial charge on any atom is 0.342 e. The van der Waals surface area contributed by atoms with Gasteiger partial charge in [0.25, 0.3) is 5.91 Å². The Morgan fingerprint density at radius 3 is 2.69 bits per heavy atom. The lowest BCUT2D eigenvalue weighted by Gasteiger charge is -2.11. The van der Waals surface area contributed by atoms with E-state index in [-0.39, 0.29) is 23.6 Å². The molecule has 2 heterocycles. The summed E-state index contributed by atoms with van der Waals surface area (Å²) in [5.74, 6) is -1.14. The Balaban J connectivity index is 1.34. The van der Waals surface area contributed by atoms with Crippen LogP contribution in [-0.4, -0.2) is 23.5 Å². The first-order valence-corrected chi connectivity index (χ1v) is 10.4. The van der Waals surface area contributed by atoms with Gasteiger partial charge in [-0.05, 0) is 35.7 Å². The van der Waals surface area contributed by atoms with Crippen LogP contribution in [0.25, 0.3) is 10.8 Å². The summed E-state index contributed by atoms with van der Waals surface area (Å²) in [7, 11) is 0. The zero-order chi connectivity index (χ0) is 22.3. The van der Waals surface area contributed by atoms with Crippen LogP contribution in [0.2, 0.25) is 0 Å². The molecule has 2 aromatic heterocycles. The molecule has 0 bridgehead atoms. The number of amides is 1. The van der Waals surface area contributed by atoms with E-state index in [1.54, 1.807) is 18.2 Å². The minimum Gasteiger partial charge on any atom is -0.483 e. The third-order valence-electron chi connectivity index (χ3n) is 4.25. The van der Waals surface area contributed by atoms with Crippen molar-refractivity contribution in [3.8, 4) is 16.5 Å². The highest BCUT2D eigenvalue weighted by Gasteiger charge is 2.17. The molecule has 0 saturated heterocycles. The number of esters is 1. The van der Waals surface area contributed by atoms with E-state index >= 15 is 0 Å². The number of hydrogen-bond donors (Lipinski definition) is 1. The molecule has 1 amide bonds. The maximum atomic E-state index is 13.7. The zero-order valence-electron chi connectivity index (χ0n) is 16.6. The van der Waals surface area contributed by atoms with Gasteiger partial charge in [0.05, 0.1) is 10.6 Å². The van der Waals surface area contributed by atoms with Gasteiger partial charge in [0.1, 0.15) is 35.7 Å². The second-order valence-electron chi connectivity index (χ2n) is 6.51. The number of carbonyl (C=O) groups excluding carboxylic acids is 2. The quantitative estimate of drug-likeness (QED) is 0.382. The van der Waals surface area contributed by atoms with Crippen LogP contribution in [0, 0.1) is 5.82 Å². The lowest BCUT2D eigenvalue weighted by atomic mass is 10.2. The maximum absolute atomic E-state index is 13.7. The summed E-state index contributed by atoms with van der Waals surface area (Å²) in [5, 5.41) is 4.33. The highest BCUT2D eigenvalue weighted by atomic mass is 32.1. The second kappa shape index (κ2) is 9.88. The number of nitrogens with zero attached hydrogens (tertiary/aromatic N) is 1. The summed E-state index contributed by atoms with van der Waals surface area (Å²) in [6, 6.07) is 15.9. The van der Waals surface area contributed by atoms with E-state index < -0.39 is 24.3 Å². The van der Waals surface area contributed by atoms with Gasteiger partial charge in [-0.3, -0.25) is 4.79 Å². The van der Waals surface area contributed by atoms with Crippen LogP contribution in [0.5, 0.6) is 5.75 Å². The molecule has 1 N–H and O–H groups in total. The molecular formula is C23H17FN2O5S. The van der Waals surface area contributed by atoms with E-state index in [4.69, 9.17) is 13.9 Å². The van der Waals surface area contributed by atoms with E-state index in [9.17, 15) is 14.0 Å². The number of oxazole rings is 1. The zero-order valence-corrected chi connectivity index (χ0v) is 17.4. The molecular weight excluding hydrogens is 435 g/mol. The molecule has 0 spiro atoms. The molecule has 0 aliphatic rings. The van der Waals surface area contributed by atoms with Crippen molar-refractivity contribution in [3.63, 3.8) is 0 Å². The molecule has 4 rings (SSSR count). The molecule has 162 valence electrons. The Labute approximate surface area is 186 Å². The van der Waals surface area contributed by atoms with Gasteiger partial charge in [0, 0.05) is 0 Å². The highest BCUT2D eigenvalue weighted by Crippen LogP contribution is 2.24. The lowest BCUT2D eigenvalue weighted by Crippen LogP contribution is -2.21. The van der Waals surface area contributed by atoms with Crippen LogP contribution in [0.4, 0.5) is 10.1 Å². The molecule has 7 nitrogen and oxygen atoms in total. The third kappa shape index (κ3) is 5.19. The summed E-state index contributed by atoms with van der Waals surface area (Å²) >= 11 is 1.49. The normalized spacial score (nSPS) is 10.5. The Morgan fingerprint density at radius 2 is 1.88 bits per heavy atom. The summed E-state index contributed by atoms with van der Waals surface area (Å²) in [5.41, 5.74) is 0.654. The van der Waals surface area contributed by atoms with E-state index in [2.05, 4.69) is 10.3 Å². The van der Waals surface area contributed by atoms with Crippen LogP contribution in [0.15, 0.2) is 76.7 Å². The Hall–Kier alpha value is -3.98. The molecule has 0 fully saturated rings. The van der Waals surface area contributed by atoms with Crippen molar-refractivity contribution >= 4 is 28.9 Å². The van der Waals surface area contributed by atoms with E-state index in [1.165, 1.54) is 47.9 Å². The standard InChI is InChI=1S/C23H17FN2O5S/c24-17-7-2-3-8-18(17)26-21(27)14-29-19-9-4-1-6-16(19)23(28)31-13-15-12-30-22(25-15)20-10-5-11-32-20/h1-12H,13-14H2,(H,26,27). The second-order valence-corrected chi connectivity index (χ2v) is 7.46. The number of benzene rings is 2. The van der Waals surface area contributed by atoms with Gasteiger partial charge in [-0.1, -0.05) is 30.3 Å². The van der Waals surface area contributed by atoms with Gasteiger partial charge in [0.2, 0.25) is 5.89 Å². The van der Waals surface area contributed by atoms with Crippen LogP contribution >= 0.6 is 11.3 Å². The number of para-hydroxylation sites is 2. The molecule has 4 aromatic rings. The van der Waals surface area contributed by atoms with Crippen LogP contribution in [0.1, 0.15) is 16.1 Å². The molecule has 0 atom stereocenters. The molecule has 2 aromatic carbocycles. The molecule has 32 heavy (non-hydrogen) atoms. The molecule has 0 aliphatic heterocycles. The van der Waals surface area contributed by atoms with Gasteiger partial charge < -0.3 is 19.2 Å². The Kier molecular flexibility index (Phi) is 6.57. The van der Waals surface area contributed by atoms with Gasteiger partial charge >= 0.3 is 5.97 Å². The van der Waals surface area contributed by atoms with Gasteiger partial charge in [-0.15, -0.1) is 11.3 Å². The number of carbonyl (C=O) groups is 2. The average molecular weight is 452 g/mol. The number of halogens is 1. The van der Waals surface area contributed by atoms with Crippen molar-refractivity contribution in [1.82, 2.24) is 4.98 Å². The van der Waals surface area contributed by atoms with Crippen molar-refractivity contribution in [2.45, 2.75) is 6.61 Å². The van der Waals surface area contributed by atoms with Crippen molar-refractivity contribution in [1.29, 1.82) is 0 Å². The van der Waals surface area contributed by atoms with Crippen LogP contribution < -0.4 is 10.1 Å². The number of ether oxygens (including phenoxy) is 2. The summed E-state index contributed by atoms with van der Waals surface area (Å²) in [6.07, 6.45) is 1.43. The van der Waals surface area contributed by atoms with Gasteiger partial charge in [-0.2, -0.15) is 0 Å². The number of aromatic nitrogens is 1. The predicted octanol–water partition coefficient (Wildman–Crippen LogP) is 4.92. The van der Waals surface area contributed by atoms with Crippen molar-refractivity contribution in [2.75, 3.05) is 11.9 Å².